The summed E-state index contributed by atoms with van der Waals surface area (Å²) in [5.41, 5.74) is 0.698. The summed E-state index contributed by atoms with van der Waals surface area (Å²) in [5.74, 6) is -0.475. The number of nitrogens with one attached hydrogen (secondary N) is 1. The van der Waals surface area contributed by atoms with Crippen molar-refractivity contribution in [3.8, 4) is 0 Å². The zero-order valence-electron chi connectivity index (χ0n) is 9.74. The van der Waals surface area contributed by atoms with Gasteiger partial charge in [-0.2, -0.15) is 0 Å². The molecular formula is C13H10NO4S-. The maximum atomic E-state index is 11.9. The lowest BCUT2D eigenvalue weighted by Crippen LogP contribution is -2.12. The number of hydrogen-bond acceptors (Lipinski definition) is 4. The minimum absolute atomic E-state index is 0.112. The summed E-state index contributed by atoms with van der Waals surface area (Å²) in [6.07, 6.45) is 0. The van der Waals surface area contributed by atoms with Gasteiger partial charge >= 0.3 is 0 Å². The van der Waals surface area contributed by atoms with Crippen LogP contribution in [-0.2, 0) is 10.1 Å². The third-order valence-corrected chi connectivity index (χ3v) is 3.25. The molecule has 5 nitrogen and oxygen atoms in total. The van der Waals surface area contributed by atoms with E-state index in [0.29, 0.717) is 5.69 Å². The van der Waals surface area contributed by atoms with Crippen molar-refractivity contribution in [3.63, 3.8) is 0 Å². The molecule has 2 aromatic carbocycles. The van der Waals surface area contributed by atoms with E-state index in [-0.39, 0.29) is 5.56 Å². The van der Waals surface area contributed by atoms with Crippen molar-refractivity contribution in [3.05, 3.63) is 60.2 Å². The van der Waals surface area contributed by atoms with Crippen LogP contribution in [0.4, 0.5) is 5.69 Å². The molecule has 98 valence electrons. The molecule has 1 N–H and O–H groups in total. The van der Waals surface area contributed by atoms with E-state index in [1.165, 1.54) is 12.1 Å². The van der Waals surface area contributed by atoms with Crippen LogP contribution in [0.2, 0.25) is 0 Å². The minimum Gasteiger partial charge on any atom is -0.744 e. The largest absolute Gasteiger partial charge is 0.744 e. The highest BCUT2D eigenvalue weighted by molar-refractivity contribution is 7.85. The number of para-hydroxylation sites is 1. The lowest BCUT2D eigenvalue weighted by atomic mass is 10.2. The van der Waals surface area contributed by atoms with E-state index in [1.54, 1.807) is 30.3 Å². The standard InChI is InChI=1S/C13H11NO4S/c15-13(14-11-6-2-1-3-7-11)10-5-4-8-12(9-10)19(16,17)18/h1-9H,(H,14,15)(H,16,17,18)/p-1. The Hall–Kier alpha value is -2.18. The van der Waals surface area contributed by atoms with Crippen LogP contribution in [0.1, 0.15) is 10.4 Å². The van der Waals surface area contributed by atoms with Crippen LogP contribution >= 0.6 is 0 Å². The molecule has 0 unspecified atom stereocenters. The molecule has 0 bridgehead atoms. The fourth-order valence-electron chi connectivity index (χ4n) is 1.52. The molecule has 6 heteroatoms. The molecule has 0 heterocycles. The molecule has 0 aromatic heterocycles. The van der Waals surface area contributed by atoms with Gasteiger partial charge in [-0.05, 0) is 30.3 Å². The Bertz CT molecular complexity index is 696. The van der Waals surface area contributed by atoms with Crippen LogP contribution in [0, 0.1) is 0 Å². The van der Waals surface area contributed by atoms with Crippen LogP contribution in [0.5, 0.6) is 0 Å². The van der Waals surface area contributed by atoms with Crippen molar-refractivity contribution in [1.29, 1.82) is 0 Å². The Labute approximate surface area is 110 Å². The predicted octanol–water partition coefficient (Wildman–Crippen LogP) is 1.84. The molecule has 0 radical (unpaired) electrons. The van der Waals surface area contributed by atoms with Crippen molar-refractivity contribution >= 4 is 21.7 Å². The number of carbonyl (C=O) groups excluding carboxylic acids is 1. The average molecular weight is 276 g/mol. The Morgan fingerprint density at radius 1 is 1.00 bits per heavy atom. The van der Waals surface area contributed by atoms with Gasteiger partial charge in [0.15, 0.2) is 0 Å². The topological polar surface area (TPSA) is 86.3 Å². The van der Waals surface area contributed by atoms with E-state index in [1.807, 2.05) is 0 Å². The van der Waals surface area contributed by atoms with Crippen LogP contribution in [0.25, 0.3) is 0 Å². The number of carbonyl (C=O) groups is 1. The first-order chi connectivity index (χ1) is 8.97. The smallest absolute Gasteiger partial charge is 0.255 e. The van der Waals surface area contributed by atoms with Gasteiger partial charge in [0, 0.05) is 11.3 Å². The van der Waals surface area contributed by atoms with Crippen LogP contribution in [-0.4, -0.2) is 18.9 Å². The molecular weight excluding hydrogens is 266 g/mol. The maximum Gasteiger partial charge on any atom is 0.255 e. The zero-order valence-corrected chi connectivity index (χ0v) is 10.6. The van der Waals surface area contributed by atoms with Crippen LogP contribution < -0.4 is 5.32 Å². The summed E-state index contributed by atoms with van der Waals surface area (Å²) < 4.78 is 32.6. The van der Waals surface area contributed by atoms with Gasteiger partial charge < -0.3 is 9.87 Å². The second-order valence-electron chi connectivity index (χ2n) is 3.80. The predicted molar refractivity (Wildman–Crippen MR) is 68.8 cm³/mol. The molecule has 0 saturated heterocycles. The van der Waals surface area contributed by atoms with Crippen molar-refractivity contribution < 1.29 is 17.8 Å². The summed E-state index contributed by atoms with van der Waals surface area (Å²) >= 11 is 0. The Morgan fingerprint density at radius 3 is 2.32 bits per heavy atom. The van der Waals surface area contributed by atoms with Crippen LogP contribution in [0.3, 0.4) is 0 Å². The van der Waals surface area contributed by atoms with Crippen LogP contribution in [0.15, 0.2) is 59.5 Å². The Kier molecular flexibility index (Phi) is 3.64. The Balaban J connectivity index is 2.25. The van der Waals surface area contributed by atoms with Gasteiger partial charge in [-0.25, -0.2) is 8.42 Å². The number of anilines is 1. The SMILES string of the molecule is O=C(Nc1ccccc1)c1cccc(S(=O)(=O)[O-])c1. The summed E-state index contributed by atoms with van der Waals surface area (Å²) in [6, 6.07) is 13.7. The van der Waals surface area contributed by atoms with Crippen molar-refractivity contribution in [1.82, 2.24) is 0 Å². The number of rotatable bonds is 3. The van der Waals surface area contributed by atoms with Crippen molar-refractivity contribution in [2.45, 2.75) is 4.90 Å². The molecule has 2 rings (SSSR count). The van der Waals surface area contributed by atoms with Crippen molar-refractivity contribution in [2.24, 2.45) is 0 Å². The zero-order chi connectivity index (χ0) is 13.9. The fraction of sp³-hybridized carbons (Fsp3) is 0. The minimum atomic E-state index is -4.56. The second kappa shape index (κ2) is 5.21. The highest BCUT2D eigenvalue weighted by atomic mass is 32.2. The third-order valence-electron chi connectivity index (χ3n) is 2.42. The van der Waals surface area contributed by atoms with Gasteiger partial charge in [-0.15, -0.1) is 0 Å². The summed E-state index contributed by atoms with van der Waals surface area (Å²) in [4.78, 5) is 11.5. The van der Waals surface area contributed by atoms with E-state index in [9.17, 15) is 17.8 Å². The lowest BCUT2D eigenvalue weighted by molar-refractivity contribution is 0.102. The summed E-state index contributed by atoms with van der Waals surface area (Å²) in [5, 5.41) is 2.60. The molecule has 2 aromatic rings. The van der Waals surface area contributed by atoms with Gasteiger partial charge in [-0.1, -0.05) is 24.3 Å². The first kappa shape index (κ1) is 13.3. The lowest BCUT2D eigenvalue weighted by Gasteiger charge is -2.09. The van der Waals surface area contributed by atoms with Crippen molar-refractivity contribution in [2.75, 3.05) is 5.32 Å². The van der Waals surface area contributed by atoms with Gasteiger partial charge in [0.25, 0.3) is 5.91 Å². The fourth-order valence-corrected chi connectivity index (χ4v) is 2.03. The molecule has 0 spiro atoms. The maximum absolute atomic E-state index is 11.9. The van der Waals surface area contributed by atoms with Gasteiger partial charge in [-0.3, -0.25) is 4.79 Å². The van der Waals surface area contributed by atoms with E-state index >= 15 is 0 Å². The monoisotopic (exact) mass is 276 g/mol. The first-order valence-electron chi connectivity index (χ1n) is 5.39. The Morgan fingerprint density at radius 2 is 1.68 bits per heavy atom. The van der Waals surface area contributed by atoms with E-state index in [0.717, 1.165) is 12.1 Å². The molecule has 0 aliphatic rings. The normalized spacial score (nSPS) is 11.0. The molecule has 19 heavy (non-hydrogen) atoms. The molecule has 1 amide bonds. The molecule has 0 atom stereocenters. The molecule has 0 aliphatic heterocycles. The second-order valence-corrected chi connectivity index (χ2v) is 5.18. The average Bonchev–Trinajstić information content (AvgIpc) is 2.39. The molecule has 0 fully saturated rings. The van der Waals surface area contributed by atoms with Gasteiger partial charge in [0.1, 0.15) is 10.1 Å². The molecule has 0 saturated carbocycles. The summed E-state index contributed by atoms with van der Waals surface area (Å²) in [7, 11) is -4.56. The van der Waals surface area contributed by atoms with Gasteiger partial charge in [0.2, 0.25) is 0 Å². The first-order valence-corrected chi connectivity index (χ1v) is 6.80. The molecule has 0 aliphatic carbocycles. The van der Waals surface area contributed by atoms with E-state index < -0.39 is 20.9 Å². The third kappa shape index (κ3) is 3.40. The van der Waals surface area contributed by atoms with E-state index in [4.69, 9.17) is 0 Å². The van der Waals surface area contributed by atoms with Gasteiger partial charge in [0.05, 0.1) is 4.90 Å². The quantitative estimate of drug-likeness (QED) is 0.867. The number of amides is 1. The highest BCUT2D eigenvalue weighted by Crippen LogP contribution is 2.13. The summed E-state index contributed by atoms with van der Waals surface area (Å²) in [6.45, 7) is 0. The highest BCUT2D eigenvalue weighted by Gasteiger charge is 2.09. The number of benzene rings is 2. The van der Waals surface area contributed by atoms with E-state index in [2.05, 4.69) is 5.32 Å². The number of hydrogen-bond donors (Lipinski definition) is 1.